The van der Waals surface area contributed by atoms with E-state index < -0.39 is 0 Å². The van der Waals surface area contributed by atoms with Gasteiger partial charge >= 0.3 is 0 Å². The van der Waals surface area contributed by atoms with E-state index in [4.69, 9.17) is 4.42 Å². The first-order valence-corrected chi connectivity index (χ1v) is 9.24. The molecule has 1 aliphatic rings. The lowest BCUT2D eigenvalue weighted by molar-refractivity contribution is -0.118. The molecule has 7 nitrogen and oxygen atoms in total. The van der Waals surface area contributed by atoms with Crippen molar-refractivity contribution in [2.75, 3.05) is 10.6 Å². The number of para-hydroxylation sites is 1. The fourth-order valence-corrected chi connectivity index (χ4v) is 3.36. The summed E-state index contributed by atoms with van der Waals surface area (Å²) in [6.07, 6.45) is 1.20. The Kier molecular flexibility index (Phi) is 4.89. The minimum atomic E-state index is -0.147. The first kappa shape index (κ1) is 17.9. The number of anilines is 2. The molecule has 2 N–H and O–H groups in total. The molecule has 0 spiro atoms. The Labute approximate surface area is 162 Å². The molecule has 1 atom stereocenters. The van der Waals surface area contributed by atoms with E-state index in [0.29, 0.717) is 30.3 Å². The first-order chi connectivity index (χ1) is 13.6. The number of aromatic nitrogens is 2. The zero-order valence-corrected chi connectivity index (χ0v) is 15.4. The van der Waals surface area contributed by atoms with Crippen molar-refractivity contribution in [1.82, 2.24) is 10.2 Å². The Morgan fingerprint density at radius 2 is 2.07 bits per heavy atom. The Hall–Kier alpha value is -3.48. The summed E-state index contributed by atoms with van der Waals surface area (Å²) in [5.74, 6) is 0.633. The molecule has 3 aromatic rings. The molecule has 4 rings (SSSR count). The smallest absolute Gasteiger partial charge is 0.247 e. The lowest BCUT2D eigenvalue weighted by Crippen LogP contribution is -2.25. The molecule has 1 aromatic heterocycles. The summed E-state index contributed by atoms with van der Waals surface area (Å²) in [5.41, 5.74) is 3.16. The van der Waals surface area contributed by atoms with Crippen LogP contribution >= 0.6 is 0 Å². The summed E-state index contributed by atoms with van der Waals surface area (Å²) in [5, 5.41) is 13.8. The minimum absolute atomic E-state index is 0.0679. The molecule has 0 fully saturated rings. The molecule has 142 valence electrons. The summed E-state index contributed by atoms with van der Waals surface area (Å²) in [6.45, 7) is 1.94. The van der Waals surface area contributed by atoms with Crippen LogP contribution in [0.5, 0.6) is 0 Å². The van der Waals surface area contributed by atoms with E-state index >= 15 is 0 Å². The van der Waals surface area contributed by atoms with Gasteiger partial charge in [-0.05, 0) is 29.8 Å². The van der Waals surface area contributed by atoms with E-state index in [0.717, 1.165) is 16.8 Å². The number of benzene rings is 2. The van der Waals surface area contributed by atoms with Crippen LogP contribution in [0.15, 0.2) is 52.9 Å². The Morgan fingerprint density at radius 1 is 1.21 bits per heavy atom. The monoisotopic (exact) mass is 376 g/mol. The van der Waals surface area contributed by atoms with Crippen LogP contribution in [-0.4, -0.2) is 22.0 Å². The van der Waals surface area contributed by atoms with Crippen LogP contribution in [-0.2, 0) is 16.0 Å². The van der Waals surface area contributed by atoms with E-state index in [-0.39, 0.29) is 24.2 Å². The number of hydrogen-bond donors (Lipinski definition) is 2. The van der Waals surface area contributed by atoms with Gasteiger partial charge in [-0.2, -0.15) is 0 Å². The van der Waals surface area contributed by atoms with Crippen molar-refractivity contribution in [3.05, 3.63) is 60.0 Å². The Balaban J connectivity index is 1.47. The highest BCUT2D eigenvalue weighted by atomic mass is 16.4. The normalized spacial score (nSPS) is 15.6. The number of nitrogens with one attached hydrogen (secondary N) is 2. The summed E-state index contributed by atoms with van der Waals surface area (Å²) in [4.78, 5) is 24.5. The van der Waals surface area contributed by atoms with Crippen LogP contribution < -0.4 is 10.6 Å². The number of carbonyl (C=O) groups is 2. The standard InChI is InChI=1S/C21H20N4O3/c1-2-20-24-25-21(28-20)13-6-5-7-15(10-13)22-18(26)11-14-12-19(27)23-17-9-4-3-8-16(14)17/h3-10,14H,2,11-12H2,1H3,(H,22,26)(H,23,27). The highest BCUT2D eigenvalue weighted by Crippen LogP contribution is 2.34. The van der Waals surface area contributed by atoms with Gasteiger partial charge < -0.3 is 15.1 Å². The maximum Gasteiger partial charge on any atom is 0.247 e. The summed E-state index contributed by atoms with van der Waals surface area (Å²) in [6, 6.07) is 14.9. The number of fused-ring (bicyclic) bond motifs is 1. The van der Waals surface area contributed by atoms with Gasteiger partial charge in [-0.15, -0.1) is 10.2 Å². The molecule has 7 heteroatoms. The van der Waals surface area contributed by atoms with Gasteiger partial charge in [-0.3, -0.25) is 9.59 Å². The van der Waals surface area contributed by atoms with Crippen LogP contribution in [0, 0.1) is 0 Å². The Morgan fingerprint density at radius 3 is 2.89 bits per heavy atom. The van der Waals surface area contributed by atoms with Crippen LogP contribution in [0.3, 0.4) is 0 Å². The van der Waals surface area contributed by atoms with E-state index in [1.54, 1.807) is 12.1 Å². The molecule has 2 aromatic carbocycles. The SMILES string of the molecule is CCc1nnc(-c2cccc(NC(=O)CC3CC(=O)Nc4ccccc43)c2)o1. The zero-order chi connectivity index (χ0) is 19.5. The van der Waals surface area contributed by atoms with Crippen molar-refractivity contribution < 1.29 is 14.0 Å². The van der Waals surface area contributed by atoms with Crippen molar-refractivity contribution in [3.63, 3.8) is 0 Å². The second-order valence-corrected chi connectivity index (χ2v) is 6.72. The van der Waals surface area contributed by atoms with E-state index in [2.05, 4.69) is 20.8 Å². The lowest BCUT2D eigenvalue weighted by atomic mass is 9.88. The lowest BCUT2D eigenvalue weighted by Gasteiger charge is -2.25. The van der Waals surface area contributed by atoms with Crippen molar-refractivity contribution >= 4 is 23.2 Å². The number of hydrogen-bond acceptors (Lipinski definition) is 5. The highest BCUT2D eigenvalue weighted by molar-refractivity contribution is 5.97. The first-order valence-electron chi connectivity index (χ1n) is 9.24. The number of carbonyl (C=O) groups excluding carboxylic acids is 2. The summed E-state index contributed by atoms with van der Waals surface area (Å²) >= 11 is 0. The average Bonchev–Trinajstić information content (AvgIpc) is 3.17. The number of rotatable bonds is 5. The third-order valence-corrected chi connectivity index (χ3v) is 4.70. The fraction of sp³-hybridized carbons (Fsp3) is 0.238. The molecule has 0 radical (unpaired) electrons. The summed E-state index contributed by atoms with van der Waals surface area (Å²) < 4.78 is 5.57. The number of aryl methyl sites for hydroxylation is 1. The second kappa shape index (κ2) is 7.64. The number of amides is 2. The van der Waals surface area contributed by atoms with Gasteiger partial charge in [-0.25, -0.2) is 0 Å². The largest absolute Gasteiger partial charge is 0.421 e. The van der Waals surface area contributed by atoms with E-state index in [1.807, 2.05) is 43.3 Å². The molecule has 1 aliphatic heterocycles. The fourth-order valence-electron chi connectivity index (χ4n) is 3.36. The predicted molar refractivity (Wildman–Crippen MR) is 105 cm³/mol. The molecule has 28 heavy (non-hydrogen) atoms. The number of nitrogens with zero attached hydrogens (tertiary/aromatic N) is 2. The van der Waals surface area contributed by atoms with Crippen molar-refractivity contribution in [2.24, 2.45) is 0 Å². The van der Waals surface area contributed by atoms with Crippen LogP contribution in [0.1, 0.15) is 37.1 Å². The van der Waals surface area contributed by atoms with Crippen molar-refractivity contribution in [1.29, 1.82) is 0 Å². The van der Waals surface area contributed by atoms with E-state index in [9.17, 15) is 9.59 Å². The van der Waals surface area contributed by atoms with Gasteiger partial charge in [-0.1, -0.05) is 31.2 Å². The summed E-state index contributed by atoms with van der Waals surface area (Å²) in [7, 11) is 0. The van der Waals surface area contributed by atoms with Crippen LogP contribution in [0.4, 0.5) is 11.4 Å². The second-order valence-electron chi connectivity index (χ2n) is 6.72. The predicted octanol–water partition coefficient (Wildman–Crippen LogP) is 3.75. The maximum absolute atomic E-state index is 12.6. The zero-order valence-electron chi connectivity index (χ0n) is 15.4. The molecule has 0 bridgehead atoms. The average molecular weight is 376 g/mol. The topological polar surface area (TPSA) is 97.1 Å². The van der Waals surface area contributed by atoms with Gasteiger partial charge in [0.2, 0.25) is 23.6 Å². The quantitative estimate of drug-likeness (QED) is 0.707. The van der Waals surface area contributed by atoms with Crippen LogP contribution in [0.25, 0.3) is 11.5 Å². The molecular weight excluding hydrogens is 356 g/mol. The molecule has 2 heterocycles. The van der Waals surface area contributed by atoms with Gasteiger partial charge in [0.05, 0.1) is 0 Å². The molecule has 0 aliphatic carbocycles. The molecule has 0 saturated carbocycles. The Bertz CT molecular complexity index is 1030. The third-order valence-electron chi connectivity index (χ3n) is 4.70. The van der Waals surface area contributed by atoms with E-state index in [1.165, 1.54) is 0 Å². The minimum Gasteiger partial charge on any atom is -0.421 e. The van der Waals surface area contributed by atoms with Crippen molar-refractivity contribution in [3.8, 4) is 11.5 Å². The third kappa shape index (κ3) is 3.78. The van der Waals surface area contributed by atoms with Crippen LogP contribution in [0.2, 0.25) is 0 Å². The maximum atomic E-state index is 12.6. The molecule has 1 unspecified atom stereocenters. The molecule has 0 saturated heterocycles. The van der Waals surface area contributed by atoms with Gasteiger partial charge in [0.1, 0.15) is 0 Å². The molecule has 2 amide bonds. The van der Waals surface area contributed by atoms with Gasteiger partial charge in [0.25, 0.3) is 0 Å². The highest BCUT2D eigenvalue weighted by Gasteiger charge is 2.26. The van der Waals surface area contributed by atoms with Crippen molar-refractivity contribution in [2.45, 2.75) is 32.1 Å². The molecular formula is C21H20N4O3. The van der Waals surface area contributed by atoms with Gasteiger partial charge in [0, 0.05) is 42.1 Å². The van der Waals surface area contributed by atoms with Gasteiger partial charge in [0.15, 0.2) is 0 Å².